The molecule has 1 aromatic rings. The van der Waals surface area contributed by atoms with Gasteiger partial charge in [-0.25, -0.2) is 0 Å². The highest BCUT2D eigenvalue weighted by Crippen LogP contribution is 2.16. The van der Waals surface area contributed by atoms with Crippen LogP contribution in [0, 0.1) is 0 Å². The van der Waals surface area contributed by atoms with Gasteiger partial charge in [0.15, 0.2) is 0 Å². The van der Waals surface area contributed by atoms with Crippen molar-refractivity contribution < 1.29 is 5.11 Å². The molecule has 0 radical (unpaired) electrons. The Hall–Kier alpha value is -1.38. The molecule has 0 atom stereocenters. The lowest BCUT2D eigenvalue weighted by molar-refractivity contribution is 0.0369. The lowest BCUT2D eigenvalue weighted by atomic mass is 10.0. The van der Waals surface area contributed by atoms with Crippen LogP contribution >= 0.6 is 0 Å². The normalized spacial score (nSPS) is 15.5. The molecule has 0 unspecified atom stereocenters. The van der Waals surface area contributed by atoms with Gasteiger partial charge in [-0.3, -0.25) is 4.90 Å². The summed E-state index contributed by atoms with van der Waals surface area (Å²) in [7, 11) is 0. The summed E-state index contributed by atoms with van der Waals surface area (Å²) in [5.74, 6) is 0. The summed E-state index contributed by atoms with van der Waals surface area (Å²) in [5, 5.41) is 10.1. The van der Waals surface area contributed by atoms with E-state index in [1.54, 1.807) is 0 Å². The summed E-state index contributed by atoms with van der Waals surface area (Å²) in [5.41, 5.74) is 1.97. The van der Waals surface area contributed by atoms with Crippen LogP contribution in [0.1, 0.15) is 32.3 Å². The molecule has 1 aliphatic carbocycles. The van der Waals surface area contributed by atoms with Gasteiger partial charge in [-0.1, -0.05) is 48.6 Å². The number of benzene rings is 1. The predicted molar refractivity (Wildman–Crippen MR) is 84.5 cm³/mol. The fourth-order valence-electron chi connectivity index (χ4n) is 2.60. The molecular weight excluding hydrogens is 246 g/mol. The number of allylic oxidation sites excluding steroid dienone is 2. The van der Waals surface area contributed by atoms with Crippen molar-refractivity contribution in [3.63, 3.8) is 0 Å². The standard InChI is InChI=1S/C18H25NO/c1-18(2,20)15-19(13-16-9-5-3-6-10-16)14-17-11-7-4-8-12-17/h3,5-7,9-12,20H,4,8,13-15H2,1-2H3. The van der Waals surface area contributed by atoms with Gasteiger partial charge in [0.1, 0.15) is 0 Å². The maximum Gasteiger partial charge on any atom is 0.0718 e. The van der Waals surface area contributed by atoms with E-state index < -0.39 is 5.60 Å². The fraction of sp³-hybridized carbons (Fsp3) is 0.444. The molecule has 0 aromatic heterocycles. The van der Waals surface area contributed by atoms with E-state index in [0.717, 1.165) is 25.9 Å². The molecule has 1 aromatic carbocycles. The van der Waals surface area contributed by atoms with E-state index in [9.17, 15) is 5.11 Å². The summed E-state index contributed by atoms with van der Waals surface area (Å²) in [4.78, 5) is 2.32. The molecule has 2 nitrogen and oxygen atoms in total. The Morgan fingerprint density at radius 2 is 1.85 bits per heavy atom. The number of aliphatic hydroxyl groups is 1. The summed E-state index contributed by atoms with van der Waals surface area (Å²) in [6.07, 6.45) is 9.04. The number of hydrogen-bond acceptors (Lipinski definition) is 2. The average Bonchev–Trinajstić information content (AvgIpc) is 2.39. The minimum absolute atomic E-state index is 0.673. The Balaban J connectivity index is 2.04. The van der Waals surface area contributed by atoms with Crippen molar-refractivity contribution in [2.75, 3.05) is 13.1 Å². The molecule has 0 heterocycles. The first-order valence-electron chi connectivity index (χ1n) is 7.37. The van der Waals surface area contributed by atoms with Gasteiger partial charge in [0.05, 0.1) is 5.60 Å². The van der Waals surface area contributed by atoms with Crippen LogP contribution in [0.15, 0.2) is 54.1 Å². The molecule has 20 heavy (non-hydrogen) atoms. The van der Waals surface area contributed by atoms with Crippen LogP contribution in [0.2, 0.25) is 0 Å². The Kier molecular flexibility index (Phi) is 5.16. The lowest BCUT2D eigenvalue weighted by Crippen LogP contribution is -2.39. The lowest BCUT2D eigenvalue weighted by Gasteiger charge is -2.30. The van der Waals surface area contributed by atoms with Crippen molar-refractivity contribution in [1.82, 2.24) is 4.90 Å². The van der Waals surface area contributed by atoms with Crippen LogP contribution in [0.25, 0.3) is 0 Å². The summed E-state index contributed by atoms with van der Waals surface area (Å²) >= 11 is 0. The minimum Gasteiger partial charge on any atom is -0.389 e. The number of nitrogens with zero attached hydrogens (tertiary/aromatic N) is 1. The van der Waals surface area contributed by atoms with E-state index in [-0.39, 0.29) is 0 Å². The first-order valence-corrected chi connectivity index (χ1v) is 7.37. The quantitative estimate of drug-likeness (QED) is 0.855. The third-order valence-corrected chi connectivity index (χ3v) is 3.34. The topological polar surface area (TPSA) is 23.5 Å². The second-order valence-corrected chi connectivity index (χ2v) is 6.20. The monoisotopic (exact) mass is 271 g/mol. The highest BCUT2D eigenvalue weighted by molar-refractivity contribution is 5.24. The van der Waals surface area contributed by atoms with Gasteiger partial charge in [0.25, 0.3) is 0 Å². The molecular formula is C18H25NO. The van der Waals surface area contributed by atoms with E-state index in [2.05, 4.69) is 47.4 Å². The Morgan fingerprint density at radius 3 is 2.45 bits per heavy atom. The van der Waals surface area contributed by atoms with Crippen molar-refractivity contribution in [2.24, 2.45) is 0 Å². The van der Waals surface area contributed by atoms with Gasteiger partial charge < -0.3 is 5.11 Å². The zero-order chi connectivity index (χ0) is 14.4. The molecule has 2 rings (SSSR count). The van der Waals surface area contributed by atoms with E-state index in [1.165, 1.54) is 11.1 Å². The van der Waals surface area contributed by atoms with Gasteiger partial charge in [0.2, 0.25) is 0 Å². The Labute approximate surface area is 122 Å². The average molecular weight is 271 g/mol. The van der Waals surface area contributed by atoms with Crippen LogP contribution in [0.4, 0.5) is 0 Å². The van der Waals surface area contributed by atoms with Crippen molar-refractivity contribution in [2.45, 2.75) is 38.8 Å². The van der Waals surface area contributed by atoms with Gasteiger partial charge in [0, 0.05) is 19.6 Å². The molecule has 108 valence electrons. The molecule has 0 fully saturated rings. The fourth-order valence-corrected chi connectivity index (χ4v) is 2.60. The molecule has 2 heteroatoms. The highest BCUT2D eigenvalue weighted by atomic mass is 16.3. The number of hydrogen-bond donors (Lipinski definition) is 1. The summed E-state index contributed by atoms with van der Waals surface area (Å²) in [6.45, 7) is 6.19. The molecule has 0 aliphatic heterocycles. The maximum atomic E-state index is 10.1. The molecule has 1 N–H and O–H groups in total. The second kappa shape index (κ2) is 6.87. The maximum absolute atomic E-state index is 10.1. The first kappa shape index (κ1) is 15.0. The van der Waals surface area contributed by atoms with Crippen molar-refractivity contribution in [3.05, 3.63) is 59.7 Å². The van der Waals surface area contributed by atoms with Crippen LogP contribution in [0.3, 0.4) is 0 Å². The Bertz CT molecular complexity index is 468. The van der Waals surface area contributed by atoms with E-state index in [0.29, 0.717) is 6.54 Å². The zero-order valence-corrected chi connectivity index (χ0v) is 12.5. The van der Waals surface area contributed by atoms with Crippen LogP contribution < -0.4 is 0 Å². The number of rotatable bonds is 6. The zero-order valence-electron chi connectivity index (χ0n) is 12.5. The van der Waals surface area contributed by atoms with Gasteiger partial charge in [-0.2, -0.15) is 0 Å². The van der Waals surface area contributed by atoms with E-state index >= 15 is 0 Å². The smallest absolute Gasteiger partial charge is 0.0718 e. The summed E-state index contributed by atoms with van der Waals surface area (Å²) in [6, 6.07) is 10.5. The van der Waals surface area contributed by atoms with E-state index in [1.807, 2.05) is 19.9 Å². The first-order chi connectivity index (χ1) is 9.53. The van der Waals surface area contributed by atoms with Gasteiger partial charge in [-0.05, 0) is 37.8 Å². The molecule has 1 aliphatic rings. The third kappa shape index (κ3) is 5.32. The highest BCUT2D eigenvalue weighted by Gasteiger charge is 2.19. The van der Waals surface area contributed by atoms with Crippen molar-refractivity contribution in [1.29, 1.82) is 0 Å². The molecule has 0 saturated carbocycles. The molecule has 0 saturated heterocycles. The van der Waals surface area contributed by atoms with Crippen LogP contribution in [0.5, 0.6) is 0 Å². The molecule has 0 spiro atoms. The predicted octanol–water partition coefficient (Wildman–Crippen LogP) is 3.54. The molecule has 0 amide bonds. The third-order valence-electron chi connectivity index (χ3n) is 3.34. The SMILES string of the molecule is CC(C)(O)CN(CC1=CCCC=C1)Cc1ccccc1. The van der Waals surface area contributed by atoms with Crippen LogP contribution in [-0.2, 0) is 6.54 Å². The minimum atomic E-state index is -0.673. The second-order valence-electron chi connectivity index (χ2n) is 6.20. The molecule has 0 bridgehead atoms. The van der Waals surface area contributed by atoms with Crippen molar-refractivity contribution in [3.8, 4) is 0 Å². The van der Waals surface area contributed by atoms with E-state index in [4.69, 9.17) is 0 Å². The summed E-state index contributed by atoms with van der Waals surface area (Å²) < 4.78 is 0. The van der Waals surface area contributed by atoms with Crippen molar-refractivity contribution >= 4 is 0 Å². The van der Waals surface area contributed by atoms with Crippen LogP contribution in [-0.4, -0.2) is 28.7 Å². The van der Waals surface area contributed by atoms with Gasteiger partial charge >= 0.3 is 0 Å². The largest absolute Gasteiger partial charge is 0.389 e. The van der Waals surface area contributed by atoms with Gasteiger partial charge in [-0.15, -0.1) is 0 Å². The Morgan fingerprint density at radius 1 is 1.10 bits per heavy atom.